The lowest BCUT2D eigenvalue weighted by Gasteiger charge is -2.32. The molecule has 2 rings (SSSR count). The average Bonchev–Trinajstić information content (AvgIpc) is 2.44. The molecular weight excluding hydrogens is 276 g/mol. The minimum Gasteiger partial charge on any atom is -0.393 e. The number of aliphatic hydroxyl groups is 2. The summed E-state index contributed by atoms with van der Waals surface area (Å²) in [5, 5.41) is 20.0. The van der Waals surface area contributed by atoms with Gasteiger partial charge < -0.3 is 15.1 Å². The first kappa shape index (κ1) is 16.3. The van der Waals surface area contributed by atoms with Crippen LogP contribution in [-0.2, 0) is 0 Å². The maximum Gasteiger partial charge on any atom is 0.129 e. The van der Waals surface area contributed by atoms with Gasteiger partial charge in [0.1, 0.15) is 11.6 Å². The molecule has 1 saturated carbocycles. The first-order valence-electron chi connectivity index (χ1n) is 7.47. The number of nitrogens with zero attached hydrogens (tertiary/aromatic N) is 1. The molecule has 1 aliphatic rings. The van der Waals surface area contributed by atoms with Crippen molar-refractivity contribution in [3.8, 4) is 0 Å². The average molecular weight is 299 g/mol. The van der Waals surface area contributed by atoms with Gasteiger partial charge in [-0.15, -0.1) is 0 Å². The minimum absolute atomic E-state index is 0.0222. The molecule has 0 aromatic heterocycles. The molecule has 1 aromatic rings. The Morgan fingerprint density at radius 2 is 2.00 bits per heavy atom. The number of hydrogen-bond acceptors (Lipinski definition) is 3. The van der Waals surface area contributed by atoms with E-state index in [1.807, 2.05) is 11.9 Å². The summed E-state index contributed by atoms with van der Waals surface area (Å²) in [7, 11) is 1.82. The Bertz CT molecular complexity index is 470. The van der Waals surface area contributed by atoms with Gasteiger partial charge in [-0.3, -0.25) is 0 Å². The van der Waals surface area contributed by atoms with Crippen LogP contribution in [0.3, 0.4) is 0 Å². The highest BCUT2D eigenvalue weighted by atomic mass is 19.1. The molecule has 3 nitrogen and oxygen atoms in total. The molecular formula is C16H23F2NO2. The van der Waals surface area contributed by atoms with Crippen LogP contribution in [0.25, 0.3) is 0 Å². The van der Waals surface area contributed by atoms with Crippen LogP contribution in [0, 0.1) is 17.6 Å². The van der Waals surface area contributed by atoms with Gasteiger partial charge in [-0.1, -0.05) is 12.8 Å². The Balaban J connectivity index is 1.92. The third-order valence-electron chi connectivity index (χ3n) is 4.22. The van der Waals surface area contributed by atoms with Gasteiger partial charge in [0, 0.05) is 18.7 Å². The predicted octanol–water partition coefficient (Wildman–Crippen LogP) is 2.48. The van der Waals surface area contributed by atoms with Crippen LogP contribution in [0.1, 0.15) is 37.4 Å². The molecule has 0 spiro atoms. The molecule has 5 heteroatoms. The Morgan fingerprint density at radius 1 is 1.29 bits per heavy atom. The van der Waals surface area contributed by atoms with E-state index in [9.17, 15) is 19.0 Å². The first-order chi connectivity index (χ1) is 9.97. The number of aliphatic hydroxyl groups excluding tert-OH is 2. The van der Waals surface area contributed by atoms with Gasteiger partial charge in [-0.2, -0.15) is 0 Å². The fourth-order valence-corrected chi connectivity index (χ4v) is 3.04. The molecule has 0 amide bonds. The quantitative estimate of drug-likeness (QED) is 0.878. The lowest BCUT2D eigenvalue weighted by Crippen LogP contribution is -2.36. The van der Waals surface area contributed by atoms with Gasteiger partial charge in [0.25, 0.3) is 0 Å². The smallest absolute Gasteiger partial charge is 0.129 e. The molecule has 1 aliphatic carbocycles. The zero-order chi connectivity index (χ0) is 15.4. The Hall–Kier alpha value is -1.04. The van der Waals surface area contributed by atoms with Crippen LogP contribution in [0.4, 0.5) is 8.78 Å². The zero-order valence-electron chi connectivity index (χ0n) is 12.3. The molecule has 118 valence electrons. The SMILES string of the molecule is CN(CC(O)c1cc(F)ccc1F)CC1CCCCC1O. The molecule has 0 aliphatic heterocycles. The van der Waals surface area contributed by atoms with E-state index in [0.29, 0.717) is 6.54 Å². The lowest BCUT2D eigenvalue weighted by atomic mass is 9.86. The fraction of sp³-hybridized carbons (Fsp3) is 0.625. The maximum atomic E-state index is 13.6. The van der Waals surface area contributed by atoms with E-state index in [4.69, 9.17) is 0 Å². The van der Waals surface area contributed by atoms with Crippen LogP contribution in [0.5, 0.6) is 0 Å². The zero-order valence-corrected chi connectivity index (χ0v) is 12.3. The second kappa shape index (κ2) is 7.29. The molecule has 0 bridgehead atoms. The van der Waals surface area contributed by atoms with E-state index in [1.54, 1.807) is 0 Å². The minimum atomic E-state index is -1.08. The Morgan fingerprint density at radius 3 is 2.71 bits per heavy atom. The van der Waals surface area contributed by atoms with Crippen molar-refractivity contribution >= 4 is 0 Å². The topological polar surface area (TPSA) is 43.7 Å². The van der Waals surface area contributed by atoms with Gasteiger partial charge in [0.15, 0.2) is 0 Å². The van der Waals surface area contributed by atoms with Crippen molar-refractivity contribution in [2.75, 3.05) is 20.1 Å². The number of likely N-dealkylation sites (N-methyl/N-ethyl adjacent to an activating group) is 1. The van der Waals surface area contributed by atoms with E-state index in [-0.39, 0.29) is 24.1 Å². The number of hydrogen-bond donors (Lipinski definition) is 2. The monoisotopic (exact) mass is 299 g/mol. The maximum absolute atomic E-state index is 13.6. The molecule has 0 saturated heterocycles. The molecule has 3 unspecified atom stereocenters. The first-order valence-corrected chi connectivity index (χ1v) is 7.47. The van der Waals surface area contributed by atoms with Crippen molar-refractivity contribution in [3.05, 3.63) is 35.4 Å². The summed E-state index contributed by atoms with van der Waals surface area (Å²) < 4.78 is 26.8. The van der Waals surface area contributed by atoms with Gasteiger partial charge in [0.2, 0.25) is 0 Å². The molecule has 0 radical (unpaired) electrons. The summed E-state index contributed by atoms with van der Waals surface area (Å²) in [6.07, 6.45) is 2.57. The molecule has 2 N–H and O–H groups in total. The van der Waals surface area contributed by atoms with Gasteiger partial charge in [0.05, 0.1) is 12.2 Å². The highest BCUT2D eigenvalue weighted by Gasteiger charge is 2.25. The molecule has 1 fully saturated rings. The lowest BCUT2D eigenvalue weighted by molar-refractivity contribution is 0.0395. The van der Waals surface area contributed by atoms with Crippen molar-refractivity contribution in [2.24, 2.45) is 5.92 Å². The molecule has 1 aromatic carbocycles. The van der Waals surface area contributed by atoms with Crippen LogP contribution in [0.15, 0.2) is 18.2 Å². The highest BCUT2D eigenvalue weighted by Crippen LogP contribution is 2.26. The van der Waals surface area contributed by atoms with Gasteiger partial charge in [-0.25, -0.2) is 8.78 Å². The van der Waals surface area contributed by atoms with E-state index >= 15 is 0 Å². The number of benzene rings is 1. The highest BCUT2D eigenvalue weighted by molar-refractivity contribution is 5.21. The van der Waals surface area contributed by atoms with E-state index in [2.05, 4.69) is 0 Å². The number of rotatable bonds is 5. The summed E-state index contributed by atoms with van der Waals surface area (Å²) in [5.41, 5.74) is -0.0222. The van der Waals surface area contributed by atoms with Crippen molar-refractivity contribution in [1.82, 2.24) is 4.90 Å². The van der Waals surface area contributed by atoms with Crippen molar-refractivity contribution in [2.45, 2.75) is 37.9 Å². The summed E-state index contributed by atoms with van der Waals surface area (Å²) in [5.74, 6) is -0.973. The normalized spacial score (nSPS) is 24.3. The number of halogens is 2. The summed E-state index contributed by atoms with van der Waals surface area (Å²) in [4.78, 5) is 1.87. The summed E-state index contributed by atoms with van der Waals surface area (Å²) in [6, 6.07) is 3.09. The van der Waals surface area contributed by atoms with Crippen molar-refractivity contribution in [1.29, 1.82) is 0 Å². The van der Waals surface area contributed by atoms with Crippen LogP contribution in [-0.4, -0.2) is 41.4 Å². The molecule has 21 heavy (non-hydrogen) atoms. The third kappa shape index (κ3) is 4.46. The van der Waals surface area contributed by atoms with E-state index < -0.39 is 17.7 Å². The standard InChI is InChI=1S/C16H23F2NO2/c1-19(9-11-4-2-3-5-15(11)20)10-16(21)13-8-12(17)6-7-14(13)18/h6-8,11,15-16,20-21H,2-5,9-10H2,1H3. The van der Waals surface area contributed by atoms with Crippen LogP contribution in [0.2, 0.25) is 0 Å². The second-order valence-electron chi connectivity index (χ2n) is 6.01. The summed E-state index contributed by atoms with van der Waals surface area (Å²) >= 11 is 0. The summed E-state index contributed by atoms with van der Waals surface area (Å²) in [6.45, 7) is 0.860. The second-order valence-corrected chi connectivity index (χ2v) is 6.01. The Labute approximate surface area is 124 Å². The van der Waals surface area contributed by atoms with E-state index in [0.717, 1.165) is 43.9 Å². The fourth-order valence-electron chi connectivity index (χ4n) is 3.04. The van der Waals surface area contributed by atoms with Gasteiger partial charge in [-0.05, 0) is 44.0 Å². The Kier molecular flexibility index (Phi) is 5.67. The largest absolute Gasteiger partial charge is 0.393 e. The molecule has 3 atom stereocenters. The van der Waals surface area contributed by atoms with Crippen molar-refractivity contribution in [3.63, 3.8) is 0 Å². The van der Waals surface area contributed by atoms with Gasteiger partial charge >= 0.3 is 0 Å². The van der Waals surface area contributed by atoms with Crippen molar-refractivity contribution < 1.29 is 19.0 Å². The predicted molar refractivity (Wildman–Crippen MR) is 76.8 cm³/mol. The van der Waals surface area contributed by atoms with Crippen LogP contribution >= 0.6 is 0 Å². The van der Waals surface area contributed by atoms with Crippen LogP contribution < -0.4 is 0 Å². The molecule has 0 heterocycles. The van der Waals surface area contributed by atoms with E-state index in [1.165, 1.54) is 0 Å². The third-order valence-corrected chi connectivity index (χ3v) is 4.22.